The van der Waals surface area contributed by atoms with Gasteiger partial charge in [-0.25, -0.2) is 0 Å². The van der Waals surface area contributed by atoms with E-state index >= 15 is 0 Å². The Morgan fingerprint density at radius 2 is 1.75 bits per heavy atom. The fourth-order valence-corrected chi connectivity index (χ4v) is 2.07. The van der Waals surface area contributed by atoms with E-state index in [0.717, 1.165) is 37.2 Å². The van der Waals surface area contributed by atoms with Gasteiger partial charge >= 0.3 is 0 Å². The van der Waals surface area contributed by atoms with Crippen molar-refractivity contribution in [2.45, 2.75) is 25.7 Å². The fraction of sp³-hybridized carbons (Fsp3) is 0.462. The van der Waals surface area contributed by atoms with Crippen LogP contribution in [0.15, 0.2) is 24.3 Å². The predicted octanol–water partition coefficient (Wildman–Crippen LogP) is 1.82. The molecule has 86 valence electrons. The second kappa shape index (κ2) is 5.01. The Labute approximate surface area is 96.2 Å². The summed E-state index contributed by atoms with van der Waals surface area (Å²) in [6, 6.07) is 7.55. The summed E-state index contributed by atoms with van der Waals surface area (Å²) in [7, 11) is 0. The highest BCUT2D eigenvalue weighted by molar-refractivity contribution is 5.79. The first kappa shape index (κ1) is 11.0. The third-order valence-electron chi connectivity index (χ3n) is 3.04. The molecule has 2 N–H and O–H groups in total. The van der Waals surface area contributed by atoms with Crippen molar-refractivity contribution in [2.24, 2.45) is 0 Å². The first-order valence-electron chi connectivity index (χ1n) is 5.88. The predicted molar refractivity (Wildman–Crippen MR) is 65.0 cm³/mol. The SMILES string of the molecule is Nc1ccc(CC(=O)N2CCCCC2)cc1. The maximum Gasteiger partial charge on any atom is 0.226 e. The largest absolute Gasteiger partial charge is 0.399 e. The number of nitrogens with two attached hydrogens (primary N) is 1. The van der Waals surface area contributed by atoms with Crippen molar-refractivity contribution in [1.82, 2.24) is 4.90 Å². The van der Waals surface area contributed by atoms with Crippen molar-refractivity contribution in [3.8, 4) is 0 Å². The molecule has 1 heterocycles. The molecule has 0 bridgehead atoms. The molecule has 16 heavy (non-hydrogen) atoms. The second-order valence-corrected chi connectivity index (χ2v) is 4.36. The van der Waals surface area contributed by atoms with Gasteiger partial charge in [-0.15, -0.1) is 0 Å². The molecular formula is C13H18N2O. The molecule has 0 aliphatic carbocycles. The molecule has 1 aliphatic heterocycles. The van der Waals surface area contributed by atoms with Gasteiger partial charge in [0.1, 0.15) is 0 Å². The van der Waals surface area contributed by atoms with Crippen LogP contribution < -0.4 is 5.73 Å². The molecule has 3 heteroatoms. The van der Waals surface area contributed by atoms with E-state index in [4.69, 9.17) is 5.73 Å². The highest BCUT2D eigenvalue weighted by Crippen LogP contribution is 2.12. The first-order chi connectivity index (χ1) is 7.75. The van der Waals surface area contributed by atoms with Crippen LogP contribution in [0.2, 0.25) is 0 Å². The summed E-state index contributed by atoms with van der Waals surface area (Å²) in [5.41, 5.74) is 7.40. The van der Waals surface area contributed by atoms with Crippen LogP contribution in [-0.2, 0) is 11.2 Å². The van der Waals surface area contributed by atoms with Crippen LogP contribution in [0.5, 0.6) is 0 Å². The summed E-state index contributed by atoms with van der Waals surface area (Å²) >= 11 is 0. The number of piperidine rings is 1. The van der Waals surface area contributed by atoms with Gasteiger partial charge in [-0.2, -0.15) is 0 Å². The summed E-state index contributed by atoms with van der Waals surface area (Å²) < 4.78 is 0. The number of likely N-dealkylation sites (tertiary alicyclic amines) is 1. The quantitative estimate of drug-likeness (QED) is 0.770. The molecule has 1 aliphatic rings. The lowest BCUT2D eigenvalue weighted by Gasteiger charge is -2.26. The lowest BCUT2D eigenvalue weighted by molar-refractivity contribution is -0.131. The number of carbonyl (C=O) groups excluding carboxylic acids is 1. The van der Waals surface area contributed by atoms with E-state index in [1.54, 1.807) is 0 Å². The van der Waals surface area contributed by atoms with E-state index in [9.17, 15) is 4.79 Å². The van der Waals surface area contributed by atoms with Crippen molar-refractivity contribution in [3.05, 3.63) is 29.8 Å². The van der Waals surface area contributed by atoms with Crippen LogP contribution in [0.3, 0.4) is 0 Å². The third-order valence-corrected chi connectivity index (χ3v) is 3.04. The summed E-state index contributed by atoms with van der Waals surface area (Å²) in [6.07, 6.45) is 4.05. The Balaban J connectivity index is 1.93. The van der Waals surface area contributed by atoms with Crippen LogP contribution in [0.1, 0.15) is 24.8 Å². The van der Waals surface area contributed by atoms with E-state index in [0.29, 0.717) is 6.42 Å². The zero-order valence-corrected chi connectivity index (χ0v) is 9.48. The topological polar surface area (TPSA) is 46.3 Å². The monoisotopic (exact) mass is 218 g/mol. The molecule has 1 amide bonds. The lowest BCUT2D eigenvalue weighted by atomic mass is 10.1. The number of amides is 1. The van der Waals surface area contributed by atoms with E-state index < -0.39 is 0 Å². The van der Waals surface area contributed by atoms with Crippen molar-refractivity contribution in [2.75, 3.05) is 18.8 Å². The number of rotatable bonds is 2. The summed E-state index contributed by atoms with van der Waals surface area (Å²) in [5.74, 6) is 0.240. The van der Waals surface area contributed by atoms with Crippen molar-refractivity contribution < 1.29 is 4.79 Å². The fourth-order valence-electron chi connectivity index (χ4n) is 2.07. The van der Waals surface area contributed by atoms with Gasteiger partial charge in [-0.05, 0) is 37.0 Å². The number of nitrogens with zero attached hydrogens (tertiary/aromatic N) is 1. The Bertz CT molecular complexity index is 353. The van der Waals surface area contributed by atoms with Gasteiger partial charge < -0.3 is 10.6 Å². The van der Waals surface area contributed by atoms with Crippen molar-refractivity contribution in [3.63, 3.8) is 0 Å². The Hall–Kier alpha value is -1.51. The molecule has 2 rings (SSSR count). The van der Waals surface area contributed by atoms with Crippen LogP contribution in [0.25, 0.3) is 0 Å². The van der Waals surface area contributed by atoms with Crippen LogP contribution >= 0.6 is 0 Å². The second-order valence-electron chi connectivity index (χ2n) is 4.36. The minimum absolute atomic E-state index is 0.240. The van der Waals surface area contributed by atoms with Crippen LogP contribution in [-0.4, -0.2) is 23.9 Å². The number of carbonyl (C=O) groups is 1. The summed E-state index contributed by atoms with van der Waals surface area (Å²) in [5, 5.41) is 0. The minimum Gasteiger partial charge on any atom is -0.399 e. The van der Waals surface area contributed by atoms with Crippen molar-refractivity contribution >= 4 is 11.6 Å². The Morgan fingerprint density at radius 3 is 2.38 bits per heavy atom. The van der Waals surface area contributed by atoms with Gasteiger partial charge in [-0.3, -0.25) is 4.79 Å². The number of hydrogen-bond donors (Lipinski definition) is 1. The van der Waals surface area contributed by atoms with Crippen LogP contribution in [0, 0.1) is 0 Å². The molecule has 1 saturated heterocycles. The number of hydrogen-bond acceptors (Lipinski definition) is 2. The Kier molecular flexibility index (Phi) is 3.44. The molecule has 0 unspecified atom stereocenters. The van der Waals surface area contributed by atoms with E-state index in [1.807, 2.05) is 29.2 Å². The molecule has 3 nitrogen and oxygen atoms in total. The molecule has 1 fully saturated rings. The third kappa shape index (κ3) is 2.75. The van der Waals surface area contributed by atoms with Crippen molar-refractivity contribution in [1.29, 1.82) is 0 Å². The van der Waals surface area contributed by atoms with E-state index in [2.05, 4.69) is 0 Å². The minimum atomic E-state index is 0.240. The molecule has 1 aromatic carbocycles. The number of benzene rings is 1. The van der Waals surface area contributed by atoms with E-state index in [1.165, 1.54) is 6.42 Å². The molecule has 0 radical (unpaired) electrons. The standard InChI is InChI=1S/C13H18N2O/c14-12-6-4-11(5-7-12)10-13(16)15-8-2-1-3-9-15/h4-7H,1-3,8-10,14H2. The van der Waals surface area contributed by atoms with E-state index in [-0.39, 0.29) is 5.91 Å². The average Bonchev–Trinajstić information content (AvgIpc) is 2.33. The van der Waals surface area contributed by atoms with Crippen LogP contribution in [0.4, 0.5) is 5.69 Å². The first-order valence-corrected chi connectivity index (χ1v) is 5.88. The number of nitrogen functional groups attached to an aromatic ring is 1. The highest BCUT2D eigenvalue weighted by Gasteiger charge is 2.16. The van der Waals surface area contributed by atoms with Gasteiger partial charge in [-0.1, -0.05) is 12.1 Å². The highest BCUT2D eigenvalue weighted by atomic mass is 16.2. The smallest absolute Gasteiger partial charge is 0.226 e. The molecule has 1 aromatic rings. The van der Waals surface area contributed by atoms with Gasteiger partial charge in [0, 0.05) is 18.8 Å². The summed E-state index contributed by atoms with van der Waals surface area (Å²) in [6.45, 7) is 1.85. The maximum absolute atomic E-state index is 11.9. The van der Waals surface area contributed by atoms with Gasteiger partial charge in [0.15, 0.2) is 0 Å². The number of anilines is 1. The van der Waals surface area contributed by atoms with Gasteiger partial charge in [0.25, 0.3) is 0 Å². The zero-order chi connectivity index (χ0) is 11.4. The van der Waals surface area contributed by atoms with Gasteiger partial charge in [0.2, 0.25) is 5.91 Å². The normalized spacial score (nSPS) is 16.1. The molecule has 0 spiro atoms. The van der Waals surface area contributed by atoms with Gasteiger partial charge in [0.05, 0.1) is 6.42 Å². The molecule has 0 aromatic heterocycles. The molecule has 0 saturated carbocycles. The molecular weight excluding hydrogens is 200 g/mol. The summed E-state index contributed by atoms with van der Waals surface area (Å²) in [4.78, 5) is 13.9. The molecule has 0 atom stereocenters. The maximum atomic E-state index is 11.9. The lowest BCUT2D eigenvalue weighted by Crippen LogP contribution is -2.36. The Morgan fingerprint density at radius 1 is 1.12 bits per heavy atom. The average molecular weight is 218 g/mol. The zero-order valence-electron chi connectivity index (χ0n) is 9.48.